The van der Waals surface area contributed by atoms with Gasteiger partial charge in [0.05, 0.1) is 6.61 Å². The minimum absolute atomic E-state index is 0.0248. The molecule has 1 saturated heterocycles. The molecule has 1 aromatic carbocycles. The first-order valence-electron chi connectivity index (χ1n) is 8.96. The van der Waals surface area contributed by atoms with E-state index < -0.39 is 0 Å². The van der Waals surface area contributed by atoms with Crippen molar-refractivity contribution in [2.45, 2.75) is 50.0 Å². The Balaban J connectivity index is 1.69. The summed E-state index contributed by atoms with van der Waals surface area (Å²) in [6.45, 7) is 2.78. The number of ether oxygens (including phenoxy) is 1. The van der Waals surface area contributed by atoms with Gasteiger partial charge in [-0.25, -0.2) is 0 Å². The zero-order valence-corrected chi connectivity index (χ0v) is 13.9. The smallest absolute Gasteiger partial charge is 0.250 e. The van der Waals surface area contributed by atoms with Gasteiger partial charge >= 0.3 is 0 Å². The number of carbonyl (C=O) groups excluding carboxylic acids is 1. The summed E-state index contributed by atoms with van der Waals surface area (Å²) >= 11 is 0. The fraction of sp³-hybridized carbons (Fsp3) is 0.632. The van der Waals surface area contributed by atoms with E-state index in [1.807, 2.05) is 0 Å². The van der Waals surface area contributed by atoms with Gasteiger partial charge in [0.1, 0.15) is 6.10 Å². The Morgan fingerprint density at radius 1 is 1.17 bits per heavy atom. The number of hydrogen-bond acceptors (Lipinski definition) is 3. The lowest BCUT2D eigenvalue weighted by Crippen LogP contribution is -2.50. The molecule has 1 atom stereocenters. The SMILES string of the molecule is O=C(NCC1(c2ccccc2)CCCCCC1)C1CNCCO1. The number of amides is 1. The summed E-state index contributed by atoms with van der Waals surface area (Å²) in [4.78, 5) is 12.4. The molecule has 3 rings (SSSR count). The van der Waals surface area contributed by atoms with Crippen molar-refractivity contribution >= 4 is 5.91 Å². The van der Waals surface area contributed by atoms with Crippen LogP contribution in [0.1, 0.15) is 44.1 Å². The second-order valence-electron chi connectivity index (χ2n) is 6.84. The van der Waals surface area contributed by atoms with Crippen molar-refractivity contribution < 1.29 is 9.53 Å². The van der Waals surface area contributed by atoms with Gasteiger partial charge in [0, 0.05) is 25.0 Å². The molecule has 1 aromatic rings. The molecule has 1 aliphatic carbocycles. The van der Waals surface area contributed by atoms with Crippen molar-refractivity contribution in [1.29, 1.82) is 0 Å². The van der Waals surface area contributed by atoms with Gasteiger partial charge in [-0.15, -0.1) is 0 Å². The van der Waals surface area contributed by atoms with Gasteiger partial charge in [0.25, 0.3) is 0 Å². The standard InChI is InChI=1S/C19H28N2O2/c22-18(17-14-20-12-13-23-17)21-15-19(10-6-1-2-7-11-19)16-8-4-3-5-9-16/h3-5,8-9,17,20H,1-2,6-7,10-15H2,(H,21,22). The van der Waals surface area contributed by atoms with Crippen molar-refractivity contribution in [2.24, 2.45) is 0 Å². The van der Waals surface area contributed by atoms with Gasteiger partial charge in [0.15, 0.2) is 0 Å². The molecule has 2 fully saturated rings. The average Bonchev–Trinajstić information content (AvgIpc) is 2.88. The van der Waals surface area contributed by atoms with Crippen molar-refractivity contribution in [1.82, 2.24) is 10.6 Å². The van der Waals surface area contributed by atoms with Gasteiger partial charge < -0.3 is 15.4 Å². The third kappa shape index (κ3) is 4.12. The number of nitrogens with one attached hydrogen (secondary N) is 2. The first kappa shape index (κ1) is 16.5. The van der Waals surface area contributed by atoms with Gasteiger partial charge in [-0.05, 0) is 18.4 Å². The fourth-order valence-corrected chi connectivity index (χ4v) is 3.87. The van der Waals surface area contributed by atoms with Crippen LogP contribution in [0.25, 0.3) is 0 Å². The van der Waals surface area contributed by atoms with Gasteiger partial charge in [-0.3, -0.25) is 4.79 Å². The molecule has 1 saturated carbocycles. The van der Waals surface area contributed by atoms with Crippen LogP contribution in [-0.2, 0) is 14.9 Å². The Hall–Kier alpha value is -1.39. The normalized spacial score (nSPS) is 24.6. The van der Waals surface area contributed by atoms with Crippen LogP contribution in [0, 0.1) is 0 Å². The highest BCUT2D eigenvalue weighted by Crippen LogP contribution is 2.37. The van der Waals surface area contributed by atoms with Crippen LogP contribution in [0.4, 0.5) is 0 Å². The van der Waals surface area contributed by atoms with Crippen LogP contribution in [0.2, 0.25) is 0 Å². The van der Waals surface area contributed by atoms with E-state index in [1.165, 1.54) is 31.2 Å². The van der Waals surface area contributed by atoms with Gasteiger partial charge in [-0.2, -0.15) is 0 Å². The summed E-state index contributed by atoms with van der Waals surface area (Å²) < 4.78 is 5.57. The van der Waals surface area contributed by atoms with Crippen LogP contribution in [0.3, 0.4) is 0 Å². The van der Waals surface area contributed by atoms with Crippen LogP contribution in [-0.4, -0.2) is 38.3 Å². The minimum atomic E-state index is -0.345. The van der Waals surface area contributed by atoms with Gasteiger partial charge in [-0.1, -0.05) is 56.0 Å². The summed E-state index contributed by atoms with van der Waals surface area (Å²) in [6, 6.07) is 10.7. The van der Waals surface area contributed by atoms with E-state index in [4.69, 9.17) is 4.74 Å². The average molecular weight is 316 g/mol. The van der Waals surface area contributed by atoms with Crippen LogP contribution in [0.5, 0.6) is 0 Å². The van der Waals surface area contributed by atoms with Crippen LogP contribution in [0.15, 0.2) is 30.3 Å². The van der Waals surface area contributed by atoms with E-state index in [-0.39, 0.29) is 17.4 Å². The minimum Gasteiger partial charge on any atom is -0.366 e. The first-order valence-corrected chi connectivity index (χ1v) is 8.96. The Morgan fingerprint density at radius 2 is 1.91 bits per heavy atom. The molecule has 0 bridgehead atoms. The maximum Gasteiger partial charge on any atom is 0.250 e. The third-order valence-electron chi connectivity index (χ3n) is 5.27. The molecule has 0 radical (unpaired) electrons. The highest BCUT2D eigenvalue weighted by Gasteiger charge is 2.34. The Morgan fingerprint density at radius 3 is 2.57 bits per heavy atom. The molecule has 1 amide bonds. The zero-order valence-electron chi connectivity index (χ0n) is 13.9. The van der Waals surface area contributed by atoms with Crippen molar-refractivity contribution in [3.63, 3.8) is 0 Å². The van der Waals surface area contributed by atoms with Crippen molar-refractivity contribution in [3.05, 3.63) is 35.9 Å². The van der Waals surface area contributed by atoms with E-state index in [1.54, 1.807) is 0 Å². The van der Waals surface area contributed by atoms with E-state index in [9.17, 15) is 4.79 Å². The lowest BCUT2D eigenvalue weighted by Gasteiger charge is -2.34. The second-order valence-corrected chi connectivity index (χ2v) is 6.84. The highest BCUT2D eigenvalue weighted by atomic mass is 16.5. The molecular weight excluding hydrogens is 288 g/mol. The number of rotatable bonds is 4. The zero-order chi connectivity index (χ0) is 16.0. The Bertz CT molecular complexity index is 489. The molecule has 2 N–H and O–H groups in total. The molecule has 4 heteroatoms. The molecular formula is C19H28N2O2. The van der Waals surface area contributed by atoms with E-state index >= 15 is 0 Å². The predicted octanol–water partition coefficient (Wildman–Crippen LogP) is 2.38. The monoisotopic (exact) mass is 316 g/mol. The van der Waals surface area contributed by atoms with E-state index in [0.29, 0.717) is 13.2 Å². The summed E-state index contributed by atoms with van der Waals surface area (Å²) in [7, 11) is 0. The maximum absolute atomic E-state index is 12.4. The molecule has 4 nitrogen and oxygen atoms in total. The number of carbonyl (C=O) groups is 1. The fourth-order valence-electron chi connectivity index (χ4n) is 3.87. The molecule has 1 aliphatic heterocycles. The summed E-state index contributed by atoms with van der Waals surface area (Å²) in [5, 5.41) is 6.40. The summed E-state index contributed by atoms with van der Waals surface area (Å²) in [5.74, 6) is 0.0248. The summed E-state index contributed by atoms with van der Waals surface area (Å²) in [5.41, 5.74) is 1.44. The molecule has 126 valence electrons. The quantitative estimate of drug-likeness (QED) is 0.839. The van der Waals surface area contributed by atoms with Gasteiger partial charge in [0.2, 0.25) is 5.91 Å². The maximum atomic E-state index is 12.4. The molecule has 0 aromatic heterocycles. The van der Waals surface area contributed by atoms with E-state index in [0.717, 1.165) is 25.9 Å². The van der Waals surface area contributed by atoms with E-state index in [2.05, 4.69) is 41.0 Å². The Labute approximate surface area is 139 Å². The largest absolute Gasteiger partial charge is 0.366 e. The first-order chi connectivity index (χ1) is 11.3. The highest BCUT2D eigenvalue weighted by molar-refractivity contribution is 5.81. The molecule has 1 heterocycles. The van der Waals surface area contributed by atoms with Crippen LogP contribution >= 0.6 is 0 Å². The molecule has 1 unspecified atom stereocenters. The third-order valence-corrected chi connectivity index (χ3v) is 5.27. The number of benzene rings is 1. The Kier molecular flexibility index (Phi) is 5.68. The summed E-state index contributed by atoms with van der Waals surface area (Å²) in [6.07, 6.45) is 7.05. The molecule has 2 aliphatic rings. The van der Waals surface area contributed by atoms with Crippen molar-refractivity contribution in [2.75, 3.05) is 26.2 Å². The molecule has 0 spiro atoms. The van der Waals surface area contributed by atoms with Crippen molar-refractivity contribution in [3.8, 4) is 0 Å². The van der Waals surface area contributed by atoms with Crippen LogP contribution < -0.4 is 10.6 Å². The lowest BCUT2D eigenvalue weighted by molar-refractivity contribution is -0.134. The molecule has 23 heavy (non-hydrogen) atoms. The number of morpholine rings is 1. The predicted molar refractivity (Wildman–Crippen MR) is 91.4 cm³/mol. The lowest BCUT2D eigenvalue weighted by atomic mass is 9.74. The topological polar surface area (TPSA) is 50.4 Å². The number of hydrogen-bond donors (Lipinski definition) is 2. The second kappa shape index (κ2) is 7.93.